The van der Waals surface area contributed by atoms with E-state index in [2.05, 4.69) is 24.9 Å². The van der Waals surface area contributed by atoms with Gasteiger partial charge < -0.3 is 9.47 Å². The Morgan fingerprint density at radius 1 is 1.08 bits per heavy atom. The number of carbonyl (C=O) groups excluding carboxylic acids is 1. The van der Waals surface area contributed by atoms with Gasteiger partial charge in [-0.15, -0.1) is 24.5 Å². The Labute approximate surface area is 208 Å². The fourth-order valence-electron chi connectivity index (χ4n) is 3.93. The van der Waals surface area contributed by atoms with E-state index in [1.54, 1.807) is 30.3 Å². The number of thiazole rings is 1. The molecule has 1 amide bonds. The number of para-hydroxylation sites is 1. The summed E-state index contributed by atoms with van der Waals surface area (Å²) < 4.78 is 47.3. The topological polar surface area (TPSA) is 76.6 Å². The number of nitrogens with zero attached hydrogens (tertiary/aromatic N) is 3. The number of benzene rings is 2. The molecule has 7 nitrogen and oxygen atoms in total. The lowest BCUT2D eigenvalue weighted by atomic mass is 10.1. The molecule has 4 aromatic rings. The van der Waals surface area contributed by atoms with Gasteiger partial charge in [0, 0.05) is 36.0 Å². The van der Waals surface area contributed by atoms with E-state index in [1.165, 1.54) is 29.5 Å². The number of amides is 1. The van der Waals surface area contributed by atoms with Crippen molar-refractivity contribution in [1.82, 2.24) is 14.9 Å². The summed E-state index contributed by atoms with van der Waals surface area (Å²) in [6.07, 6.45) is -4.79. The summed E-state index contributed by atoms with van der Waals surface area (Å²) in [6.45, 7) is 3.77. The van der Waals surface area contributed by atoms with Gasteiger partial charge in [0.1, 0.15) is 5.75 Å². The maximum atomic E-state index is 13.1. The van der Waals surface area contributed by atoms with Crippen LogP contribution >= 0.6 is 11.3 Å². The molecule has 0 spiro atoms. The molecule has 0 aliphatic carbocycles. The molecule has 186 valence electrons. The molecule has 0 unspecified atom stereocenters. The van der Waals surface area contributed by atoms with E-state index in [0.717, 1.165) is 24.2 Å². The van der Waals surface area contributed by atoms with Crippen LogP contribution in [0.15, 0.2) is 60.0 Å². The maximum Gasteiger partial charge on any atom is 0.573 e. The third-order valence-corrected chi connectivity index (χ3v) is 6.40. The summed E-state index contributed by atoms with van der Waals surface area (Å²) in [7, 11) is 0. The van der Waals surface area contributed by atoms with E-state index in [-0.39, 0.29) is 11.7 Å². The fourth-order valence-corrected chi connectivity index (χ4v) is 4.63. The van der Waals surface area contributed by atoms with Crippen molar-refractivity contribution in [2.45, 2.75) is 12.9 Å². The standard InChI is InChI=1S/C25H21F3N4O3S/c26-25(27,28)35-19-5-1-4-17(13-19)21-8-7-16-3-2-6-20(22(16)30-21)23(33)31-24-29-18(15-36-24)14-32-9-11-34-12-10-32/h1-8,13,15H,9-12,14H2,(H,29,31,33). The van der Waals surface area contributed by atoms with Crippen molar-refractivity contribution in [1.29, 1.82) is 0 Å². The monoisotopic (exact) mass is 514 g/mol. The lowest BCUT2D eigenvalue weighted by Crippen LogP contribution is -2.35. The minimum absolute atomic E-state index is 0.335. The molecule has 0 bridgehead atoms. The minimum atomic E-state index is -4.79. The molecular weight excluding hydrogens is 493 g/mol. The van der Waals surface area contributed by atoms with Crippen LogP contribution in [0.4, 0.5) is 18.3 Å². The molecular formula is C25H21F3N4O3S. The van der Waals surface area contributed by atoms with E-state index in [4.69, 9.17) is 4.74 Å². The van der Waals surface area contributed by atoms with Gasteiger partial charge in [-0.05, 0) is 24.3 Å². The van der Waals surface area contributed by atoms with Crippen LogP contribution in [-0.4, -0.2) is 53.4 Å². The first-order valence-corrected chi connectivity index (χ1v) is 12.0. The Balaban J connectivity index is 1.37. The van der Waals surface area contributed by atoms with Crippen LogP contribution in [0.1, 0.15) is 16.1 Å². The maximum absolute atomic E-state index is 13.1. The second-order valence-corrected chi connectivity index (χ2v) is 8.99. The van der Waals surface area contributed by atoms with Crippen molar-refractivity contribution in [2.75, 3.05) is 31.6 Å². The highest BCUT2D eigenvalue weighted by Crippen LogP contribution is 2.29. The van der Waals surface area contributed by atoms with Gasteiger partial charge in [0.15, 0.2) is 5.13 Å². The van der Waals surface area contributed by atoms with Gasteiger partial charge in [-0.2, -0.15) is 0 Å². The fraction of sp³-hybridized carbons (Fsp3) is 0.240. The average molecular weight is 515 g/mol. The summed E-state index contributed by atoms with van der Waals surface area (Å²) in [4.78, 5) is 24.5. The Morgan fingerprint density at radius 2 is 1.89 bits per heavy atom. The summed E-state index contributed by atoms with van der Waals surface area (Å²) in [5.41, 5.74) is 2.48. The Morgan fingerprint density at radius 3 is 2.69 bits per heavy atom. The van der Waals surface area contributed by atoms with Crippen molar-refractivity contribution < 1.29 is 27.4 Å². The van der Waals surface area contributed by atoms with E-state index < -0.39 is 6.36 Å². The molecule has 1 saturated heterocycles. The quantitative estimate of drug-likeness (QED) is 0.374. The number of hydrogen-bond donors (Lipinski definition) is 1. The number of alkyl halides is 3. The molecule has 0 radical (unpaired) electrons. The predicted molar refractivity (Wildman–Crippen MR) is 130 cm³/mol. The second kappa shape index (κ2) is 10.2. The number of nitrogens with one attached hydrogen (secondary N) is 1. The van der Waals surface area contributed by atoms with Crippen molar-refractivity contribution >= 4 is 33.3 Å². The molecule has 1 aliphatic heterocycles. The third-order valence-electron chi connectivity index (χ3n) is 5.59. The third kappa shape index (κ3) is 5.81. The zero-order valence-corrected chi connectivity index (χ0v) is 19.7. The first kappa shape index (κ1) is 24.2. The van der Waals surface area contributed by atoms with Crippen LogP contribution in [0.2, 0.25) is 0 Å². The number of aromatic nitrogens is 2. The molecule has 36 heavy (non-hydrogen) atoms. The van der Waals surface area contributed by atoms with Crippen LogP contribution in [0.5, 0.6) is 5.75 Å². The van der Waals surface area contributed by atoms with Crippen LogP contribution in [0.25, 0.3) is 22.2 Å². The van der Waals surface area contributed by atoms with E-state index in [1.807, 2.05) is 11.4 Å². The number of ether oxygens (including phenoxy) is 2. The summed E-state index contributed by atoms with van der Waals surface area (Å²) in [6, 6.07) is 14.3. The smallest absolute Gasteiger partial charge is 0.406 e. The molecule has 11 heteroatoms. The van der Waals surface area contributed by atoms with Crippen molar-refractivity contribution in [3.63, 3.8) is 0 Å². The second-order valence-electron chi connectivity index (χ2n) is 8.14. The zero-order chi connectivity index (χ0) is 25.1. The number of hydrogen-bond acceptors (Lipinski definition) is 7. The SMILES string of the molecule is O=C(Nc1nc(CN2CCOCC2)cs1)c1cccc2ccc(-c3cccc(OC(F)(F)F)c3)nc12. The van der Waals surface area contributed by atoms with Gasteiger partial charge in [0.2, 0.25) is 0 Å². The lowest BCUT2D eigenvalue weighted by Gasteiger charge is -2.25. The number of morpholine rings is 1. The number of anilines is 1. The van der Waals surface area contributed by atoms with Crippen molar-refractivity contribution in [3.8, 4) is 17.0 Å². The molecule has 2 aromatic heterocycles. The van der Waals surface area contributed by atoms with Gasteiger partial charge in [-0.25, -0.2) is 9.97 Å². The Bertz CT molecular complexity index is 1390. The molecule has 0 saturated carbocycles. The van der Waals surface area contributed by atoms with Crippen LogP contribution in [-0.2, 0) is 11.3 Å². The molecule has 1 N–H and O–H groups in total. The van der Waals surface area contributed by atoms with E-state index >= 15 is 0 Å². The number of halogens is 3. The van der Waals surface area contributed by atoms with Crippen molar-refractivity contribution in [2.24, 2.45) is 0 Å². The van der Waals surface area contributed by atoms with Gasteiger partial charge in [-0.3, -0.25) is 15.0 Å². The molecule has 1 aliphatic rings. The summed E-state index contributed by atoms with van der Waals surface area (Å²) in [5.74, 6) is -0.712. The average Bonchev–Trinajstić information content (AvgIpc) is 3.29. The number of pyridine rings is 1. The van der Waals surface area contributed by atoms with Crippen molar-refractivity contribution in [3.05, 3.63) is 71.2 Å². The van der Waals surface area contributed by atoms with E-state index in [9.17, 15) is 18.0 Å². The van der Waals surface area contributed by atoms with Gasteiger partial charge in [0.25, 0.3) is 5.91 Å². The first-order chi connectivity index (χ1) is 17.3. The van der Waals surface area contributed by atoms with Crippen LogP contribution in [0.3, 0.4) is 0 Å². The Hall–Kier alpha value is -3.54. The summed E-state index contributed by atoms with van der Waals surface area (Å²) in [5, 5.41) is 5.96. The molecule has 2 aromatic carbocycles. The molecule has 0 atom stereocenters. The Kier molecular flexibility index (Phi) is 6.86. The van der Waals surface area contributed by atoms with Crippen LogP contribution in [0, 0.1) is 0 Å². The summed E-state index contributed by atoms with van der Waals surface area (Å²) >= 11 is 1.35. The number of fused-ring (bicyclic) bond motifs is 1. The number of rotatable bonds is 6. The minimum Gasteiger partial charge on any atom is -0.406 e. The lowest BCUT2D eigenvalue weighted by molar-refractivity contribution is -0.274. The van der Waals surface area contributed by atoms with Gasteiger partial charge >= 0.3 is 6.36 Å². The first-order valence-electron chi connectivity index (χ1n) is 11.2. The predicted octanol–water partition coefficient (Wildman–Crippen LogP) is 5.34. The normalized spacial score (nSPS) is 14.6. The number of carbonyl (C=O) groups is 1. The van der Waals surface area contributed by atoms with Crippen LogP contribution < -0.4 is 10.1 Å². The highest BCUT2D eigenvalue weighted by molar-refractivity contribution is 7.14. The zero-order valence-electron chi connectivity index (χ0n) is 18.9. The van der Waals surface area contributed by atoms with E-state index in [0.29, 0.717) is 47.2 Å². The molecule has 5 rings (SSSR count). The molecule has 3 heterocycles. The highest BCUT2D eigenvalue weighted by Gasteiger charge is 2.31. The highest BCUT2D eigenvalue weighted by atomic mass is 32.1. The largest absolute Gasteiger partial charge is 0.573 e. The molecule has 1 fully saturated rings. The van der Waals surface area contributed by atoms with Gasteiger partial charge in [0.05, 0.1) is 35.7 Å². The van der Waals surface area contributed by atoms with Gasteiger partial charge in [-0.1, -0.05) is 30.3 Å².